The van der Waals surface area contributed by atoms with E-state index in [0.717, 1.165) is 22.7 Å². The fourth-order valence-corrected chi connectivity index (χ4v) is 8.77. The van der Waals surface area contributed by atoms with E-state index in [0.29, 0.717) is 0 Å². The molecule has 1 heterocycles. The Kier molecular flexibility index (Phi) is 8.19. The average Bonchev–Trinajstić information content (AvgIpc) is 3.64. The lowest BCUT2D eigenvalue weighted by atomic mass is 9.98. The van der Waals surface area contributed by atoms with Crippen LogP contribution in [0.4, 0.5) is 17.1 Å². The monoisotopic (exact) mass is 738 g/mol. The topological polar surface area (TPSA) is 8.17 Å². The maximum Gasteiger partial charge on any atom is 0.0541 e. The highest BCUT2D eigenvalue weighted by Crippen LogP contribution is 2.40. The van der Waals surface area contributed by atoms with Gasteiger partial charge < -0.3 is 9.47 Å². The minimum absolute atomic E-state index is 1.09. The van der Waals surface area contributed by atoms with E-state index in [4.69, 9.17) is 0 Å². The maximum atomic E-state index is 2.41. The normalized spacial score (nSPS) is 11.4. The van der Waals surface area contributed by atoms with Crippen molar-refractivity contribution in [3.8, 4) is 39.1 Å². The summed E-state index contributed by atoms with van der Waals surface area (Å²) in [5, 5.41) is 7.53. The molecule has 0 saturated heterocycles. The minimum Gasteiger partial charge on any atom is -0.311 e. The molecule has 2 heteroatoms. The fourth-order valence-electron chi connectivity index (χ4n) is 8.77. The van der Waals surface area contributed by atoms with Crippen LogP contribution in [0.3, 0.4) is 0 Å². The highest BCUT2D eigenvalue weighted by atomic mass is 15.1. The highest BCUT2D eigenvalue weighted by Gasteiger charge is 2.17. The van der Waals surface area contributed by atoms with Gasteiger partial charge in [0.15, 0.2) is 0 Å². The van der Waals surface area contributed by atoms with E-state index in [2.05, 4.69) is 240 Å². The van der Waals surface area contributed by atoms with Crippen LogP contribution in [-0.4, -0.2) is 4.57 Å². The maximum absolute atomic E-state index is 2.41. The number of hydrogen-bond donors (Lipinski definition) is 0. The molecule has 0 spiro atoms. The van der Waals surface area contributed by atoms with Gasteiger partial charge in [0.2, 0.25) is 0 Å². The largest absolute Gasteiger partial charge is 0.311 e. The van der Waals surface area contributed by atoms with Gasteiger partial charge in [-0.1, -0.05) is 170 Å². The van der Waals surface area contributed by atoms with E-state index in [1.807, 2.05) is 0 Å². The predicted molar refractivity (Wildman–Crippen MR) is 247 cm³/mol. The zero-order valence-electron chi connectivity index (χ0n) is 31.8. The van der Waals surface area contributed by atoms with Crippen molar-refractivity contribution >= 4 is 60.4 Å². The third-order valence-electron chi connectivity index (χ3n) is 11.6. The number of rotatable bonds is 7. The van der Waals surface area contributed by atoms with Crippen molar-refractivity contribution in [3.63, 3.8) is 0 Å². The summed E-state index contributed by atoms with van der Waals surface area (Å²) in [5.74, 6) is 0. The quantitative estimate of drug-likeness (QED) is 0.158. The molecule has 0 radical (unpaired) electrons. The van der Waals surface area contributed by atoms with Gasteiger partial charge in [0.1, 0.15) is 0 Å². The molecule has 10 aromatic carbocycles. The van der Waals surface area contributed by atoms with Crippen LogP contribution in [0, 0.1) is 0 Å². The Morgan fingerprint density at radius 2 is 0.724 bits per heavy atom. The van der Waals surface area contributed by atoms with Crippen molar-refractivity contribution in [2.45, 2.75) is 0 Å². The molecule has 0 amide bonds. The Morgan fingerprint density at radius 3 is 1.38 bits per heavy atom. The predicted octanol–water partition coefficient (Wildman–Crippen LogP) is 15.6. The molecule has 0 atom stereocenters. The molecule has 0 aliphatic heterocycles. The Labute approximate surface area is 338 Å². The standard InChI is InChI=1S/C56H38N2/c1-2-14-44-38-45(25-24-39(44)12-1)40-26-32-46(33-27-40)57(47-34-28-42(29-35-47)50-20-11-15-41-13-3-4-16-49(41)50)48-36-30-43(31-37-48)51-17-5-8-21-54(51)58-55-22-9-6-18-52(55)53-19-7-10-23-56(53)58/h1-38H. The van der Waals surface area contributed by atoms with E-state index in [1.54, 1.807) is 0 Å². The molecule has 0 bridgehead atoms. The van der Waals surface area contributed by atoms with Crippen molar-refractivity contribution in [2.24, 2.45) is 0 Å². The highest BCUT2D eigenvalue weighted by molar-refractivity contribution is 6.09. The lowest BCUT2D eigenvalue weighted by Gasteiger charge is -2.26. The van der Waals surface area contributed by atoms with Gasteiger partial charge in [-0.3, -0.25) is 0 Å². The summed E-state index contributed by atoms with van der Waals surface area (Å²) < 4.78 is 2.41. The number of nitrogens with zero attached hydrogens (tertiary/aromatic N) is 2. The van der Waals surface area contributed by atoms with Gasteiger partial charge >= 0.3 is 0 Å². The Balaban J connectivity index is 1.00. The van der Waals surface area contributed by atoms with E-state index in [-0.39, 0.29) is 0 Å². The van der Waals surface area contributed by atoms with Crippen LogP contribution in [-0.2, 0) is 0 Å². The zero-order chi connectivity index (χ0) is 38.4. The third kappa shape index (κ3) is 5.82. The molecule has 11 aromatic rings. The van der Waals surface area contributed by atoms with Crippen LogP contribution < -0.4 is 4.90 Å². The van der Waals surface area contributed by atoms with Crippen LogP contribution in [0.5, 0.6) is 0 Å². The molecule has 272 valence electrons. The van der Waals surface area contributed by atoms with Gasteiger partial charge in [0, 0.05) is 33.4 Å². The lowest BCUT2D eigenvalue weighted by Crippen LogP contribution is -2.09. The van der Waals surface area contributed by atoms with Gasteiger partial charge in [0.05, 0.1) is 16.7 Å². The molecule has 11 rings (SSSR count). The van der Waals surface area contributed by atoms with E-state index in [1.165, 1.54) is 76.7 Å². The van der Waals surface area contributed by atoms with Crippen molar-refractivity contribution < 1.29 is 0 Å². The van der Waals surface area contributed by atoms with E-state index >= 15 is 0 Å². The molecule has 58 heavy (non-hydrogen) atoms. The van der Waals surface area contributed by atoms with Crippen LogP contribution in [0.2, 0.25) is 0 Å². The van der Waals surface area contributed by atoms with E-state index in [9.17, 15) is 0 Å². The van der Waals surface area contributed by atoms with Crippen LogP contribution in [0.1, 0.15) is 0 Å². The van der Waals surface area contributed by atoms with Crippen LogP contribution in [0.15, 0.2) is 231 Å². The molecular formula is C56H38N2. The second-order valence-corrected chi connectivity index (χ2v) is 15.0. The smallest absolute Gasteiger partial charge is 0.0541 e. The SMILES string of the molecule is c1ccc(-n2c3ccccc3c3ccccc32)c(-c2ccc(N(c3ccc(-c4ccc5ccccc5c4)cc3)c3ccc(-c4cccc5ccccc45)cc3)cc2)c1. The Morgan fingerprint density at radius 1 is 0.276 bits per heavy atom. The van der Waals surface area contributed by atoms with Gasteiger partial charge in [-0.25, -0.2) is 0 Å². The van der Waals surface area contributed by atoms with Crippen LogP contribution in [0.25, 0.3) is 82.4 Å². The molecule has 0 fully saturated rings. The molecule has 0 aliphatic carbocycles. The summed E-state index contributed by atoms with van der Waals surface area (Å²) >= 11 is 0. The fraction of sp³-hybridized carbons (Fsp3) is 0. The molecule has 1 aromatic heterocycles. The number of anilines is 3. The molecule has 0 saturated carbocycles. The summed E-state index contributed by atoms with van der Waals surface area (Å²) in [5.41, 5.74) is 14.1. The number of benzene rings is 10. The zero-order valence-corrected chi connectivity index (χ0v) is 31.8. The van der Waals surface area contributed by atoms with E-state index < -0.39 is 0 Å². The van der Waals surface area contributed by atoms with Crippen LogP contribution >= 0.6 is 0 Å². The van der Waals surface area contributed by atoms with Gasteiger partial charge in [-0.2, -0.15) is 0 Å². The first-order valence-electron chi connectivity index (χ1n) is 19.9. The molecule has 2 nitrogen and oxygen atoms in total. The number of fused-ring (bicyclic) bond motifs is 5. The van der Waals surface area contributed by atoms with Gasteiger partial charge in [-0.05, 0) is 110 Å². The van der Waals surface area contributed by atoms with Crippen molar-refractivity contribution in [2.75, 3.05) is 4.90 Å². The van der Waals surface area contributed by atoms with Gasteiger partial charge in [0.25, 0.3) is 0 Å². The first-order valence-corrected chi connectivity index (χ1v) is 19.9. The number of hydrogen-bond acceptors (Lipinski definition) is 1. The first-order chi connectivity index (χ1) is 28.8. The molecule has 0 aliphatic rings. The lowest BCUT2D eigenvalue weighted by molar-refractivity contribution is 1.18. The summed E-state index contributed by atoms with van der Waals surface area (Å²) in [4.78, 5) is 2.36. The summed E-state index contributed by atoms with van der Waals surface area (Å²) in [6, 6.07) is 83.6. The first kappa shape index (κ1) is 33.6. The third-order valence-corrected chi connectivity index (χ3v) is 11.6. The summed E-state index contributed by atoms with van der Waals surface area (Å²) in [7, 11) is 0. The molecular weight excluding hydrogens is 701 g/mol. The number of para-hydroxylation sites is 3. The minimum atomic E-state index is 1.09. The average molecular weight is 739 g/mol. The Hall–Kier alpha value is -7.68. The second-order valence-electron chi connectivity index (χ2n) is 15.0. The number of aromatic nitrogens is 1. The molecule has 0 N–H and O–H groups in total. The van der Waals surface area contributed by atoms with Gasteiger partial charge in [-0.15, -0.1) is 0 Å². The molecule has 0 unspecified atom stereocenters. The summed E-state index contributed by atoms with van der Waals surface area (Å²) in [6.07, 6.45) is 0. The van der Waals surface area contributed by atoms with Crippen molar-refractivity contribution in [3.05, 3.63) is 231 Å². The van der Waals surface area contributed by atoms with Crippen molar-refractivity contribution in [1.82, 2.24) is 4.57 Å². The second kappa shape index (κ2) is 14.1. The Bertz CT molecular complexity index is 3200. The van der Waals surface area contributed by atoms with Crippen molar-refractivity contribution in [1.29, 1.82) is 0 Å². The summed E-state index contributed by atoms with van der Waals surface area (Å²) in [6.45, 7) is 0.